The normalized spacial score (nSPS) is 15.1. The van der Waals surface area contributed by atoms with Gasteiger partial charge in [-0.05, 0) is 37.6 Å². The smallest absolute Gasteiger partial charge is 0.241 e. The fourth-order valence-electron chi connectivity index (χ4n) is 1.27. The molecule has 0 heterocycles. The molecule has 1 aromatic rings. The van der Waals surface area contributed by atoms with E-state index in [4.69, 9.17) is 5.73 Å². The molecule has 0 bridgehead atoms. The summed E-state index contributed by atoms with van der Waals surface area (Å²) in [5, 5.41) is 0. The van der Waals surface area contributed by atoms with Crippen molar-refractivity contribution in [3.63, 3.8) is 0 Å². The van der Waals surface area contributed by atoms with Crippen LogP contribution in [0.25, 0.3) is 0 Å². The first-order chi connectivity index (χ1) is 8.21. The van der Waals surface area contributed by atoms with E-state index in [1.165, 1.54) is 19.1 Å². The third-order valence-electron chi connectivity index (χ3n) is 2.73. The lowest BCUT2D eigenvalue weighted by molar-refractivity contribution is -0.123. The third kappa shape index (κ3) is 3.30. The molecule has 0 spiro atoms. The van der Waals surface area contributed by atoms with Crippen LogP contribution in [0, 0.1) is 0 Å². The number of hydrogen-bond acceptors (Lipinski definition) is 3. The van der Waals surface area contributed by atoms with Gasteiger partial charge in [-0.3, -0.25) is 4.79 Å². The van der Waals surface area contributed by atoms with Crippen molar-refractivity contribution in [2.45, 2.75) is 30.7 Å². The topological polar surface area (TPSA) is 89.3 Å². The molecule has 18 heavy (non-hydrogen) atoms. The van der Waals surface area contributed by atoms with Gasteiger partial charge in [-0.1, -0.05) is 22.9 Å². The van der Waals surface area contributed by atoms with Gasteiger partial charge in [0.05, 0.1) is 4.90 Å². The first kappa shape index (κ1) is 15.1. The second-order valence-corrected chi connectivity index (χ2v) is 6.71. The summed E-state index contributed by atoms with van der Waals surface area (Å²) < 4.78 is 27.3. The van der Waals surface area contributed by atoms with Crippen molar-refractivity contribution in [1.29, 1.82) is 0 Å². The van der Waals surface area contributed by atoms with Crippen molar-refractivity contribution in [3.8, 4) is 0 Å². The predicted molar refractivity (Wildman–Crippen MR) is 72.4 cm³/mol. The lowest BCUT2D eigenvalue weighted by Crippen LogP contribution is -2.54. The van der Waals surface area contributed by atoms with Gasteiger partial charge in [0.25, 0.3) is 0 Å². The van der Waals surface area contributed by atoms with Crippen LogP contribution in [-0.2, 0) is 14.8 Å². The monoisotopic (exact) mass is 334 g/mol. The fourth-order valence-corrected chi connectivity index (χ4v) is 2.98. The molecule has 1 rings (SSSR count). The van der Waals surface area contributed by atoms with Crippen molar-refractivity contribution in [1.82, 2.24) is 4.72 Å². The molecule has 0 radical (unpaired) electrons. The van der Waals surface area contributed by atoms with Crippen LogP contribution in [0.1, 0.15) is 20.3 Å². The maximum atomic E-state index is 12.1. The number of hydrogen-bond donors (Lipinski definition) is 2. The molecule has 0 aliphatic carbocycles. The van der Waals surface area contributed by atoms with E-state index in [9.17, 15) is 13.2 Å². The summed E-state index contributed by atoms with van der Waals surface area (Å²) in [5.41, 5.74) is 3.93. The Labute approximate surface area is 115 Å². The lowest BCUT2D eigenvalue weighted by atomic mass is 10.0. The van der Waals surface area contributed by atoms with Gasteiger partial charge >= 0.3 is 0 Å². The first-order valence-electron chi connectivity index (χ1n) is 5.31. The van der Waals surface area contributed by atoms with Gasteiger partial charge in [0.1, 0.15) is 5.54 Å². The van der Waals surface area contributed by atoms with E-state index in [2.05, 4.69) is 20.7 Å². The van der Waals surface area contributed by atoms with Gasteiger partial charge in [0.15, 0.2) is 0 Å². The second kappa shape index (κ2) is 5.38. The molecule has 0 fully saturated rings. The maximum Gasteiger partial charge on any atom is 0.241 e. The van der Waals surface area contributed by atoms with Gasteiger partial charge in [0.2, 0.25) is 15.9 Å². The number of rotatable bonds is 5. The Kier molecular flexibility index (Phi) is 4.52. The maximum absolute atomic E-state index is 12.1. The summed E-state index contributed by atoms with van der Waals surface area (Å²) in [5.74, 6) is -0.703. The molecule has 1 aromatic carbocycles. The number of amides is 1. The van der Waals surface area contributed by atoms with Gasteiger partial charge < -0.3 is 5.73 Å². The average Bonchev–Trinajstić information content (AvgIpc) is 2.28. The summed E-state index contributed by atoms with van der Waals surface area (Å²) in [6.45, 7) is 3.15. The quantitative estimate of drug-likeness (QED) is 0.852. The number of carbonyl (C=O) groups is 1. The highest BCUT2D eigenvalue weighted by atomic mass is 79.9. The Morgan fingerprint density at radius 1 is 1.39 bits per heavy atom. The minimum absolute atomic E-state index is 0.0895. The third-order valence-corrected chi connectivity index (χ3v) is 4.88. The Balaban J connectivity index is 3.09. The Hall–Kier alpha value is -0.920. The SMILES string of the molecule is CCC(C)(NS(=O)(=O)c1ccc(Br)cc1)C(N)=O. The number of benzene rings is 1. The molecule has 100 valence electrons. The first-order valence-corrected chi connectivity index (χ1v) is 7.58. The number of halogens is 1. The van der Waals surface area contributed by atoms with Crippen LogP contribution >= 0.6 is 15.9 Å². The largest absolute Gasteiger partial charge is 0.368 e. The minimum Gasteiger partial charge on any atom is -0.368 e. The number of sulfonamides is 1. The van der Waals surface area contributed by atoms with Crippen LogP contribution in [0.4, 0.5) is 0 Å². The van der Waals surface area contributed by atoms with E-state index in [1.54, 1.807) is 19.1 Å². The van der Waals surface area contributed by atoms with E-state index in [-0.39, 0.29) is 11.3 Å². The van der Waals surface area contributed by atoms with E-state index < -0.39 is 21.5 Å². The highest BCUT2D eigenvalue weighted by molar-refractivity contribution is 9.10. The number of carbonyl (C=O) groups excluding carboxylic acids is 1. The van der Waals surface area contributed by atoms with Crippen molar-refractivity contribution < 1.29 is 13.2 Å². The van der Waals surface area contributed by atoms with Gasteiger partial charge in [-0.25, -0.2) is 8.42 Å². The standard InChI is InChI=1S/C11H15BrN2O3S/c1-3-11(2,10(13)15)14-18(16,17)9-6-4-8(12)5-7-9/h4-7,14H,3H2,1-2H3,(H2,13,15). The van der Waals surface area contributed by atoms with Crippen molar-refractivity contribution >= 4 is 31.9 Å². The van der Waals surface area contributed by atoms with Crippen LogP contribution in [0.3, 0.4) is 0 Å². The molecule has 0 aromatic heterocycles. The van der Waals surface area contributed by atoms with Crippen molar-refractivity contribution in [3.05, 3.63) is 28.7 Å². The molecule has 7 heteroatoms. The average molecular weight is 335 g/mol. The van der Waals surface area contributed by atoms with Gasteiger partial charge in [0, 0.05) is 4.47 Å². The van der Waals surface area contributed by atoms with E-state index in [0.29, 0.717) is 0 Å². The molecule has 1 amide bonds. The molecule has 0 saturated heterocycles. The zero-order valence-corrected chi connectivity index (χ0v) is 12.5. The molecule has 3 N–H and O–H groups in total. The lowest BCUT2D eigenvalue weighted by Gasteiger charge is -2.25. The van der Waals surface area contributed by atoms with Gasteiger partial charge in [-0.15, -0.1) is 0 Å². The molecule has 0 aliphatic rings. The van der Waals surface area contributed by atoms with Crippen LogP contribution in [0.5, 0.6) is 0 Å². The Bertz CT molecular complexity index is 542. The van der Waals surface area contributed by atoms with E-state index in [0.717, 1.165) is 4.47 Å². The number of primary amides is 1. The molecule has 1 atom stereocenters. The van der Waals surface area contributed by atoms with Crippen LogP contribution in [0.15, 0.2) is 33.6 Å². The molecule has 1 unspecified atom stereocenters. The Morgan fingerprint density at radius 3 is 2.28 bits per heavy atom. The summed E-state index contributed by atoms with van der Waals surface area (Å²) in [7, 11) is -3.76. The van der Waals surface area contributed by atoms with E-state index in [1.807, 2.05) is 0 Å². The highest BCUT2D eigenvalue weighted by Gasteiger charge is 2.34. The summed E-state index contributed by atoms with van der Waals surface area (Å²) in [6, 6.07) is 6.12. The minimum atomic E-state index is -3.76. The zero-order valence-electron chi connectivity index (χ0n) is 10.1. The number of nitrogens with one attached hydrogen (secondary N) is 1. The van der Waals surface area contributed by atoms with Crippen LogP contribution in [-0.4, -0.2) is 19.9 Å². The fraction of sp³-hybridized carbons (Fsp3) is 0.364. The van der Waals surface area contributed by atoms with Crippen molar-refractivity contribution in [2.24, 2.45) is 5.73 Å². The van der Waals surface area contributed by atoms with Crippen LogP contribution < -0.4 is 10.5 Å². The van der Waals surface area contributed by atoms with Gasteiger partial charge in [-0.2, -0.15) is 4.72 Å². The summed E-state index contributed by atoms with van der Waals surface area (Å²) >= 11 is 3.22. The zero-order chi connectivity index (χ0) is 14.0. The van der Waals surface area contributed by atoms with Crippen molar-refractivity contribution in [2.75, 3.05) is 0 Å². The molecular formula is C11H15BrN2O3S. The Morgan fingerprint density at radius 2 is 1.89 bits per heavy atom. The summed E-state index contributed by atoms with van der Waals surface area (Å²) in [6.07, 6.45) is 0.276. The summed E-state index contributed by atoms with van der Waals surface area (Å²) in [4.78, 5) is 11.4. The predicted octanol–water partition coefficient (Wildman–Crippen LogP) is 1.38. The van der Waals surface area contributed by atoms with Crippen LogP contribution in [0.2, 0.25) is 0 Å². The molecule has 0 aliphatic heterocycles. The van der Waals surface area contributed by atoms with E-state index >= 15 is 0 Å². The molecule has 5 nitrogen and oxygen atoms in total. The molecule has 0 saturated carbocycles. The second-order valence-electron chi connectivity index (χ2n) is 4.11. The highest BCUT2D eigenvalue weighted by Crippen LogP contribution is 2.18. The molecular weight excluding hydrogens is 320 g/mol. The number of nitrogens with two attached hydrogens (primary N) is 1.